The largest absolute Gasteiger partial charge is 0.331 e. The maximum atomic E-state index is 12.1. The van der Waals surface area contributed by atoms with Crippen LogP contribution in [0.15, 0.2) is 24.4 Å². The summed E-state index contributed by atoms with van der Waals surface area (Å²) in [5, 5.41) is 6.39. The smallest absolute Gasteiger partial charge is 0.242 e. The summed E-state index contributed by atoms with van der Waals surface area (Å²) in [6.45, 7) is 7.95. The van der Waals surface area contributed by atoms with Crippen LogP contribution in [0.3, 0.4) is 0 Å². The van der Waals surface area contributed by atoms with Gasteiger partial charge in [0, 0.05) is 6.20 Å². The first-order chi connectivity index (χ1) is 7.88. The van der Waals surface area contributed by atoms with Crippen LogP contribution in [0.4, 0.5) is 0 Å². The zero-order chi connectivity index (χ0) is 12.7. The molecule has 2 atom stereocenters. The van der Waals surface area contributed by atoms with Crippen LogP contribution < -0.4 is 10.6 Å². The van der Waals surface area contributed by atoms with E-state index in [0.29, 0.717) is 0 Å². The fourth-order valence-corrected chi connectivity index (χ4v) is 2.16. The van der Waals surface area contributed by atoms with E-state index in [1.165, 1.54) is 0 Å². The third-order valence-electron chi connectivity index (χ3n) is 3.68. The van der Waals surface area contributed by atoms with Crippen LogP contribution in [-0.2, 0) is 10.5 Å². The van der Waals surface area contributed by atoms with E-state index < -0.39 is 11.2 Å². The third-order valence-corrected chi connectivity index (χ3v) is 3.68. The molecule has 0 unspecified atom stereocenters. The Labute approximate surface area is 102 Å². The van der Waals surface area contributed by atoms with Crippen LogP contribution >= 0.6 is 0 Å². The number of nitrogens with one attached hydrogen (secondary N) is 2. The highest BCUT2D eigenvalue weighted by molar-refractivity contribution is 5.89. The molecule has 1 amide bonds. The van der Waals surface area contributed by atoms with Gasteiger partial charge in [-0.15, -0.1) is 0 Å². The molecule has 0 saturated carbocycles. The lowest BCUT2D eigenvalue weighted by atomic mass is 9.88. The topological polar surface area (TPSA) is 54.0 Å². The summed E-state index contributed by atoms with van der Waals surface area (Å²) in [5.41, 5.74) is -0.304. The summed E-state index contributed by atoms with van der Waals surface area (Å²) in [6, 6.07) is 5.71. The van der Waals surface area contributed by atoms with E-state index in [1.54, 1.807) is 6.20 Å². The van der Waals surface area contributed by atoms with Gasteiger partial charge in [-0.2, -0.15) is 0 Å². The molecule has 2 heterocycles. The Kier molecular flexibility index (Phi) is 2.70. The molecule has 4 heteroatoms. The summed E-state index contributed by atoms with van der Waals surface area (Å²) in [5.74, 6) is 0.244. The summed E-state index contributed by atoms with van der Waals surface area (Å²) >= 11 is 0. The standard InChI is InChI=1S/C13H19N3O/c1-9(2)12(3)11(17)15-13(4,16-12)10-7-5-6-8-14-10/h5-9,16H,1-4H3,(H,15,17)/t12-,13-/m0/s1. The molecule has 0 aromatic carbocycles. The Hall–Kier alpha value is -1.42. The van der Waals surface area contributed by atoms with E-state index in [0.717, 1.165) is 5.69 Å². The van der Waals surface area contributed by atoms with Gasteiger partial charge in [0.15, 0.2) is 0 Å². The van der Waals surface area contributed by atoms with Crippen molar-refractivity contribution >= 4 is 5.91 Å². The van der Waals surface area contributed by atoms with Crippen LogP contribution in [0.5, 0.6) is 0 Å². The van der Waals surface area contributed by atoms with Crippen molar-refractivity contribution in [2.24, 2.45) is 5.92 Å². The van der Waals surface area contributed by atoms with Crippen LogP contribution in [0.2, 0.25) is 0 Å². The Morgan fingerprint density at radius 1 is 1.29 bits per heavy atom. The first-order valence-corrected chi connectivity index (χ1v) is 5.92. The lowest BCUT2D eigenvalue weighted by Crippen LogP contribution is -2.51. The van der Waals surface area contributed by atoms with E-state index in [1.807, 2.05) is 45.9 Å². The first kappa shape index (κ1) is 12.0. The van der Waals surface area contributed by atoms with Crippen molar-refractivity contribution in [3.05, 3.63) is 30.1 Å². The summed E-state index contributed by atoms with van der Waals surface area (Å²) in [6.07, 6.45) is 1.74. The van der Waals surface area contributed by atoms with Gasteiger partial charge in [-0.1, -0.05) is 19.9 Å². The average molecular weight is 233 g/mol. The second kappa shape index (κ2) is 3.81. The van der Waals surface area contributed by atoms with E-state index in [9.17, 15) is 4.79 Å². The second-order valence-electron chi connectivity index (χ2n) is 5.28. The SMILES string of the molecule is CC(C)[C@]1(C)N[C@@](C)(c2ccccn2)NC1=O. The molecule has 92 valence electrons. The number of aromatic nitrogens is 1. The molecule has 1 aliphatic heterocycles. The average Bonchev–Trinajstić information content (AvgIpc) is 2.53. The highest BCUT2D eigenvalue weighted by atomic mass is 16.2. The number of amides is 1. The third kappa shape index (κ3) is 1.82. The maximum Gasteiger partial charge on any atom is 0.242 e. The number of nitrogens with zero attached hydrogens (tertiary/aromatic N) is 1. The van der Waals surface area contributed by atoms with Crippen LogP contribution in [0.1, 0.15) is 33.4 Å². The molecule has 0 spiro atoms. The normalized spacial score (nSPS) is 32.9. The Bertz CT molecular complexity index is 432. The van der Waals surface area contributed by atoms with Crippen molar-refractivity contribution in [2.75, 3.05) is 0 Å². The molecule has 2 N–H and O–H groups in total. The zero-order valence-corrected chi connectivity index (χ0v) is 10.7. The van der Waals surface area contributed by atoms with Crippen molar-refractivity contribution in [3.63, 3.8) is 0 Å². The van der Waals surface area contributed by atoms with Gasteiger partial charge < -0.3 is 5.32 Å². The Morgan fingerprint density at radius 2 is 2.00 bits per heavy atom. The number of pyridine rings is 1. The van der Waals surface area contributed by atoms with Gasteiger partial charge in [-0.05, 0) is 31.9 Å². The van der Waals surface area contributed by atoms with Gasteiger partial charge in [0.25, 0.3) is 0 Å². The highest BCUT2D eigenvalue weighted by Crippen LogP contribution is 2.30. The molecule has 0 bridgehead atoms. The van der Waals surface area contributed by atoms with Crippen LogP contribution in [-0.4, -0.2) is 16.4 Å². The molecule has 1 saturated heterocycles. The first-order valence-electron chi connectivity index (χ1n) is 5.92. The van der Waals surface area contributed by atoms with Crippen molar-refractivity contribution in [3.8, 4) is 0 Å². The van der Waals surface area contributed by atoms with Gasteiger partial charge in [0.1, 0.15) is 5.66 Å². The van der Waals surface area contributed by atoms with E-state index >= 15 is 0 Å². The molecule has 17 heavy (non-hydrogen) atoms. The molecule has 1 fully saturated rings. The van der Waals surface area contributed by atoms with Crippen molar-refractivity contribution < 1.29 is 4.79 Å². The lowest BCUT2D eigenvalue weighted by Gasteiger charge is -2.30. The van der Waals surface area contributed by atoms with E-state index in [2.05, 4.69) is 15.6 Å². The molecule has 2 rings (SSSR count). The van der Waals surface area contributed by atoms with Crippen molar-refractivity contribution in [1.82, 2.24) is 15.6 Å². The Balaban J connectivity index is 2.36. The maximum absolute atomic E-state index is 12.1. The second-order valence-corrected chi connectivity index (χ2v) is 5.28. The minimum absolute atomic E-state index is 0.0284. The Morgan fingerprint density at radius 3 is 2.47 bits per heavy atom. The molecule has 1 aromatic heterocycles. The van der Waals surface area contributed by atoms with Crippen LogP contribution in [0.25, 0.3) is 0 Å². The monoisotopic (exact) mass is 233 g/mol. The zero-order valence-electron chi connectivity index (χ0n) is 10.7. The van der Waals surface area contributed by atoms with Gasteiger partial charge >= 0.3 is 0 Å². The quantitative estimate of drug-likeness (QED) is 0.811. The number of carbonyl (C=O) groups excluding carboxylic acids is 1. The van der Waals surface area contributed by atoms with E-state index in [4.69, 9.17) is 0 Å². The molecule has 4 nitrogen and oxygen atoms in total. The number of hydrogen-bond acceptors (Lipinski definition) is 3. The van der Waals surface area contributed by atoms with Crippen molar-refractivity contribution in [1.29, 1.82) is 0 Å². The lowest BCUT2D eigenvalue weighted by molar-refractivity contribution is -0.125. The van der Waals surface area contributed by atoms with Gasteiger partial charge in [0.05, 0.1) is 11.2 Å². The predicted octanol–water partition coefficient (Wildman–Crippen LogP) is 1.39. The molecular weight excluding hydrogens is 214 g/mol. The van der Waals surface area contributed by atoms with Gasteiger partial charge in [0.2, 0.25) is 5.91 Å². The predicted molar refractivity (Wildman–Crippen MR) is 66.1 cm³/mol. The van der Waals surface area contributed by atoms with Gasteiger partial charge in [-0.3, -0.25) is 15.1 Å². The van der Waals surface area contributed by atoms with E-state index in [-0.39, 0.29) is 11.8 Å². The van der Waals surface area contributed by atoms with Crippen molar-refractivity contribution in [2.45, 2.75) is 38.9 Å². The summed E-state index contributed by atoms with van der Waals surface area (Å²) in [7, 11) is 0. The number of hydrogen-bond donors (Lipinski definition) is 2. The fourth-order valence-electron chi connectivity index (χ4n) is 2.16. The summed E-state index contributed by atoms with van der Waals surface area (Å²) in [4.78, 5) is 16.4. The molecule has 0 radical (unpaired) electrons. The number of carbonyl (C=O) groups is 1. The molecule has 0 aliphatic carbocycles. The minimum Gasteiger partial charge on any atom is -0.331 e. The van der Waals surface area contributed by atoms with Gasteiger partial charge in [-0.25, -0.2) is 0 Å². The fraction of sp³-hybridized carbons (Fsp3) is 0.538. The molecule has 1 aliphatic rings. The highest BCUT2D eigenvalue weighted by Gasteiger charge is 2.51. The minimum atomic E-state index is -0.586. The molecular formula is C13H19N3O. The van der Waals surface area contributed by atoms with Crippen LogP contribution in [0, 0.1) is 5.92 Å². The molecule has 1 aromatic rings. The summed E-state index contributed by atoms with van der Waals surface area (Å²) < 4.78 is 0. The number of rotatable bonds is 2.